The fourth-order valence-corrected chi connectivity index (χ4v) is 3.93. The largest absolute Gasteiger partial charge is 0.465 e. The first kappa shape index (κ1) is 18.5. The number of methoxy groups -OCH3 is 1. The summed E-state index contributed by atoms with van der Waals surface area (Å²) in [6, 6.07) is 8.99. The molecule has 3 rings (SSSR count). The minimum Gasteiger partial charge on any atom is -0.465 e. The lowest BCUT2D eigenvalue weighted by Gasteiger charge is -2.06. The Kier molecular flexibility index (Phi) is 5.65. The van der Waals surface area contributed by atoms with E-state index in [9.17, 15) is 14.0 Å². The zero-order valence-electron chi connectivity index (χ0n) is 13.4. The molecule has 0 saturated heterocycles. The predicted octanol–water partition coefficient (Wildman–Crippen LogP) is 3.83. The lowest BCUT2D eigenvalue weighted by Crippen LogP contribution is -2.32. The molecule has 0 aliphatic heterocycles. The maximum absolute atomic E-state index is 13.4. The number of aromatic nitrogens is 1. The molecular weight excluding hydrogens is 399 g/mol. The second kappa shape index (κ2) is 7.94. The van der Waals surface area contributed by atoms with Crippen LogP contribution in [-0.4, -0.2) is 17.6 Å². The van der Waals surface area contributed by atoms with Gasteiger partial charge in [-0.1, -0.05) is 29.0 Å². The summed E-state index contributed by atoms with van der Waals surface area (Å²) in [6.45, 7) is 0.308. The van der Waals surface area contributed by atoms with Gasteiger partial charge in [-0.05, 0) is 29.6 Å². The van der Waals surface area contributed by atoms with Crippen LogP contribution in [0.4, 0.5) is 10.1 Å². The van der Waals surface area contributed by atoms with Gasteiger partial charge in [0, 0.05) is 10.9 Å². The van der Waals surface area contributed by atoms with E-state index >= 15 is 0 Å². The Hall–Kier alpha value is -2.29. The van der Waals surface area contributed by atoms with Crippen molar-refractivity contribution in [1.29, 1.82) is 0 Å². The van der Waals surface area contributed by atoms with Crippen LogP contribution in [0.1, 0.15) is 14.5 Å². The zero-order chi connectivity index (χ0) is 18.7. The van der Waals surface area contributed by atoms with Gasteiger partial charge in [0.1, 0.15) is 10.7 Å². The smallest absolute Gasteiger partial charge is 0.348 e. The van der Waals surface area contributed by atoms with Crippen LogP contribution in [0.15, 0.2) is 51.6 Å². The Morgan fingerprint density at radius 3 is 2.81 bits per heavy atom. The number of halogens is 2. The van der Waals surface area contributed by atoms with Crippen LogP contribution in [0.2, 0.25) is 5.02 Å². The van der Waals surface area contributed by atoms with Crippen molar-refractivity contribution in [1.82, 2.24) is 4.57 Å². The van der Waals surface area contributed by atoms with E-state index in [1.807, 2.05) is 17.5 Å². The highest BCUT2D eigenvalue weighted by Gasteiger charge is 2.12. The van der Waals surface area contributed by atoms with Gasteiger partial charge < -0.3 is 4.74 Å². The summed E-state index contributed by atoms with van der Waals surface area (Å²) in [4.78, 5) is 30.1. The summed E-state index contributed by atoms with van der Waals surface area (Å²) in [5.41, 5.74) is -0.0153. The van der Waals surface area contributed by atoms with Gasteiger partial charge in [-0.25, -0.2) is 14.2 Å². The number of nitrogens with zero attached hydrogens (tertiary/aromatic N) is 2. The number of carbonyl (C=O) groups excluding carboxylic acids is 1. The molecule has 0 aliphatic rings. The van der Waals surface area contributed by atoms with Crippen molar-refractivity contribution < 1.29 is 13.9 Å². The number of esters is 1. The number of hydrogen-bond acceptors (Lipinski definition) is 6. The van der Waals surface area contributed by atoms with Crippen molar-refractivity contribution in [2.24, 2.45) is 4.99 Å². The monoisotopic (exact) mass is 410 g/mol. The molecule has 2 aromatic heterocycles. The first-order valence-electron chi connectivity index (χ1n) is 7.33. The molecule has 3 aromatic rings. The first-order valence-corrected chi connectivity index (χ1v) is 9.41. The number of benzene rings is 1. The molecule has 0 spiro atoms. The van der Waals surface area contributed by atoms with Gasteiger partial charge in [0.25, 0.3) is 5.56 Å². The third-order valence-electron chi connectivity index (χ3n) is 3.36. The Morgan fingerprint density at radius 1 is 1.35 bits per heavy atom. The van der Waals surface area contributed by atoms with Crippen molar-refractivity contribution >= 4 is 45.9 Å². The summed E-state index contributed by atoms with van der Waals surface area (Å²) in [7, 11) is 1.24. The SMILES string of the molecule is COC(=O)c1cc(=O)n(Cc2cccs2)c(=Nc2ccc(F)c(Cl)c2)s1. The topological polar surface area (TPSA) is 60.7 Å². The summed E-state index contributed by atoms with van der Waals surface area (Å²) < 4.78 is 19.5. The number of rotatable bonds is 4. The van der Waals surface area contributed by atoms with Crippen molar-refractivity contribution in [2.75, 3.05) is 7.11 Å². The Labute approximate surface area is 160 Å². The maximum Gasteiger partial charge on any atom is 0.348 e. The molecule has 2 heterocycles. The highest BCUT2D eigenvalue weighted by Crippen LogP contribution is 2.21. The van der Waals surface area contributed by atoms with Gasteiger partial charge >= 0.3 is 5.97 Å². The fourth-order valence-electron chi connectivity index (χ4n) is 2.12. The third kappa shape index (κ3) is 4.09. The van der Waals surface area contributed by atoms with Gasteiger partial charge in [0.2, 0.25) is 0 Å². The highest BCUT2D eigenvalue weighted by atomic mass is 35.5. The molecule has 0 bridgehead atoms. The van der Waals surface area contributed by atoms with E-state index in [0.717, 1.165) is 16.2 Å². The lowest BCUT2D eigenvalue weighted by molar-refractivity contribution is 0.0606. The molecule has 26 heavy (non-hydrogen) atoms. The van der Waals surface area contributed by atoms with Crippen LogP contribution in [0, 0.1) is 5.82 Å². The second-order valence-corrected chi connectivity index (χ2v) is 7.55. The molecule has 0 fully saturated rings. The Balaban J connectivity index is 2.19. The Morgan fingerprint density at radius 2 is 2.15 bits per heavy atom. The molecule has 5 nitrogen and oxygen atoms in total. The molecule has 0 unspecified atom stereocenters. The fraction of sp³-hybridized carbons (Fsp3) is 0.118. The molecule has 9 heteroatoms. The van der Waals surface area contributed by atoms with E-state index < -0.39 is 11.8 Å². The van der Waals surface area contributed by atoms with Crippen molar-refractivity contribution in [3.63, 3.8) is 0 Å². The molecule has 134 valence electrons. The first-order chi connectivity index (χ1) is 12.5. The van der Waals surface area contributed by atoms with Crippen LogP contribution in [0.3, 0.4) is 0 Å². The molecule has 0 radical (unpaired) electrons. The van der Waals surface area contributed by atoms with Gasteiger partial charge in [-0.15, -0.1) is 11.3 Å². The van der Waals surface area contributed by atoms with Crippen LogP contribution in [-0.2, 0) is 11.3 Å². The van der Waals surface area contributed by atoms with E-state index in [2.05, 4.69) is 4.99 Å². The normalized spacial score (nSPS) is 11.6. The number of ether oxygens (including phenoxy) is 1. The predicted molar refractivity (Wildman–Crippen MR) is 100.0 cm³/mol. The molecule has 0 N–H and O–H groups in total. The number of carbonyl (C=O) groups is 1. The summed E-state index contributed by atoms with van der Waals surface area (Å²) in [5.74, 6) is -1.18. The van der Waals surface area contributed by atoms with Crippen LogP contribution < -0.4 is 10.4 Å². The van der Waals surface area contributed by atoms with E-state index in [-0.39, 0.29) is 20.3 Å². The van der Waals surface area contributed by atoms with E-state index in [0.29, 0.717) is 12.2 Å². The van der Waals surface area contributed by atoms with Crippen molar-refractivity contribution in [2.45, 2.75) is 6.54 Å². The van der Waals surface area contributed by atoms with Gasteiger partial charge in [0.05, 0.1) is 24.4 Å². The molecule has 0 amide bonds. The minimum absolute atomic E-state index is 0.0764. The average Bonchev–Trinajstić information content (AvgIpc) is 3.13. The number of hydrogen-bond donors (Lipinski definition) is 0. The molecular formula is C17H12ClFN2O3S2. The highest BCUT2D eigenvalue weighted by molar-refractivity contribution is 7.11. The Bertz CT molecular complexity index is 1070. The average molecular weight is 411 g/mol. The van der Waals surface area contributed by atoms with Crippen LogP contribution in [0.25, 0.3) is 0 Å². The third-order valence-corrected chi connectivity index (χ3v) is 5.51. The van der Waals surface area contributed by atoms with E-state index in [4.69, 9.17) is 16.3 Å². The summed E-state index contributed by atoms with van der Waals surface area (Å²) in [6.07, 6.45) is 0. The standard InChI is InChI=1S/C17H12ClFN2O3S2/c1-24-16(23)14-8-15(22)21(9-11-3-2-6-25-11)17(26-14)20-10-4-5-13(19)12(18)7-10/h2-8H,9H2,1H3. The molecule has 0 saturated carbocycles. The van der Waals surface area contributed by atoms with Gasteiger partial charge in [0.15, 0.2) is 4.80 Å². The van der Waals surface area contributed by atoms with Crippen molar-refractivity contribution in [3.05, 3.63) is 77.5 Å². The summed E-state index contributed by atoms with van der Waals surface area (Å²) in [5, 5.41) is 1.83. The van der Waals surface area contributed by atoms with Gasteiger partial charge in [-0.2, -0.15) is 0 Å². The second-order valence-electron chi connectivity index (χ2n) is 5.10. The van der Waals surface area contributed by atoms with Crippen molar-refractivity contribution in [3.8, 4) is 0 Å². The zero-order valence-corrected chi connectivity index (χ0v) is 15.8. The minimum atomic E-state index is -0.621. The summed E-state index contributed by atoms with van der Waals surface area (Å²) >= 11 is 8.31. The maximum atomic E-state index is 13.4. The van der Waals surface area contributed by atoms with Crippen LogP contribution in [0.5, 0.6) is 0 Å². The lowest BCUT2D eigenvalue weighted by atomic mass is 10.3. The molecule has 0 atom stereocenters. The van der Waals surface area contributed by atoms with Gasteiger partial charge in [-0.3, -0.25) is 9.36 Å². The molecule has 1 aromatic carbocycles. The van der Waals surface area contributed by atoms with Crippen LogP contribution >= 0.6 is 34.3 Å². The molecule has 0 aliphatic carbocycles. The number of thiophene rings is 1. The van der Waals surface area contributed by atoms with E-state index in [1.165, 1.54) is 47.3 Å². The quantitative estimate of drug-likeness (QED) is 0.614. The van der Waals surface area contributed by atoms with E-state index in [1.54, 1.807) is 0 Å².